The van der Waals surface area contributed by atoms with Crippen LogP contribution in [0.25, 0.3) is 0 Å². The fourth-order valence-electron chi connectivity index (χ4n) is 1.15. The zero-order valence-electron chi connectivity index (χ0n) is 6.02. The van der Waals surface area contributed by atoms with Gasteiger partial charge in [0.05, 0.1) is 6.10 Å². The van der Waals surface area contributed by atoms with Crippen LogP contribution in [0, 0.1) is 0 Å². The van der Waals surface area contributed by atoms with E-state index in [0.29, 0.717) is 0 Å². The number of ether oxygens (including phenoxy) is 2. The summed E-state index contributed by atoms with van der Waals surface area (Å²) in [7, 11) is 1.48. The van der Waals surface area contributed by atoms with Crippen molar-refractivity contribution in [1.29, 1.82) is 0 Å². The largest absolute Gasteiger partial charge is 0.385 e. The molecule has 1 heterocycles. The van der Waals surface area contributed by atoms with Gasteiger partial charge in [-0.25, -0.2) is 0 Å². The molecule has 4 nitrogen and oxygen atoms in total. The first kappa shape index (κ1) is 7.94. The van der Waals surface area contributed by atoms with Crippen LogP contribution in [0.15, 0.2) is 0 Å². The molecule has 4 atom stereocenters. The van der Waals surface area contributed by atoms with Gasteiger partial charge in [-0.2, -0.15) is 0 Å². The van der Waals surface area contributed by atoms with Crippen LogP contribution in [0.4, 0.5) is 0 Å². The van der Waals surface area contributed by atoms with E-state index in [2.05, 4.69) is 0 Å². The number of rotatable bonds is 1. The minimum Gasteiger partial charge on any atom is -0.385 e. The highest BCUT2D eigenvalue weighted by atomic mass is 16.7. The molecule has 60 valence electrons. The Bertz CT molecular complexity index is 116. The van der Waals surface area contributed by atoms with Gasteiger partial charge in [0.2, 0.25) is 0 Å². The number of methoxy groups -OCH3 is 1. The summed E-state index contributed by atoms with van der Waals surface area (Å²) >= 11 is 0. The predicted molar refractivity (Wildman–Crippen MR) is 33.4 cm³/mol. The average molecular weight is 148 g/mol. The Morgan fingerprint density at radius 3 is 2.20 bits per heavy atom. The first-order valence-electron chi connectivity index (χ1n) is 3.21. The Hall–Kier alpha value is -0.160. The van der Waals surface area contributed by atoms with Gasteiger partial charge in [0.1, 0.15) is 12.2 Å². The molecular formula is C6H12O4. The maximum absolute atomic E-state index is 9.13. The molecule has 0 aliphatic carbocycles. The average Bonchev–Trinajstić information content (AvgIpc) is 2.09. The molecule has 1 saturated heterocycles. The summed E-state index contributed by atoms with van der Waals surface area (Å²) in [6.45, 7) is 1.74. The number of aliphatic hydroxyl groups is 2. The van der Waals surface area contributed by atoms with Gasteiger partial charge in [-0.1, -0.05) is 0 Å². The van der Waals surface area contributed by atoms with Crippen LogP contribution in [0.5, 0.6) is 0 Å². The van der Waals surface area contributed by atoms with Gasteiger partial charge in [0.15, 0.2) is 6.29 Å². The van der Waals surface area contributed by atoms with Gasteiger partial charge in [0, 0.05) is 7.11 Å². The fourth-order valence-corrected chi connectivity index (χ4v) is 1.15. The molecule has 0 saturated carbocycles. The number of hydrogen-bond donors (Lipinski definition) is 2. The lowest BCUT2D eigenvalue weighted by atomic mass is 10.1. The van der Waals surface area contributed by atoms with Gasteiger partial charge in [-0.15, -0.1) is 0 Å². The second-order valence-corrected chi connectivity index (χ2v) is 2.42. The molecule has 1 rings (SSSR count). The smallest absolute Gasteiger partial charge is 0.183 e. The summed E-state index contributed by atoms with van der Waals surface area (Å²) in [4.78, 5) is 0. The van der Waals surface area contributed by atoms with E-state index in [-0.39, 0.29) is 6.10 Å². The summed E-state index contributed by atoms with van der Waals surface area (Å²) < 4.78 is 9.73. The lowest BCUT2D eigenvalue weighted by molar-refractivity contribution is -0.124. The van der Waals surface area contributed by atoms with Crippen LogP contribution in [-0.4, -0.2) is 41.9 Å². The van der Waals surface area contributed by atoms with Crippen molar-refractivity contribution in [2.24, 2.45) is 0 Å². The fraction of sp³-hybridized carbons (Fsp3) is 1.00. The van der Waals surface area contributed by atoms with E-state index < -0.39 is 18.5 Å². The van der Waals surface area contributed by atoms with Gasteiger partial charge in [-0.05, 0) is 6.92 Å². The molecule has 0 bridgehead atoms. The normalized spacial score (nSPS) is 48.0. The van der Waals surface area contributed by atoms with Crippen molar-refractivity contribution in [3.63, 3.8) is 0 Å². The van der Waals surface area contributed by atoms with Crippen molar-refractivity contribution in [2.75, 3.05) is 7.11 Å². The molecule has 0 radical (unpaired) electrons. The van der Waals surface area contributed by atoms with Crippen molar-refractivity contribution < 1.29 is 19.7 Å². The van der Waals surface area contributed by atoms with E-state index in [1.165, 1.54) is 7.11 Å². The third-order valence-electron chi connectivity index (χ3n) is 1.72. The van der Waals surface area contributed by atoms with E-state index in [1.54, 1.807) is 6.92 Å². The van der Waals surface area contributed by atoms with Crippen molar-refractivity contribution in [2.45, 2.75) is 31.5 Å². The highest BCUT2D eigenvalue weighted by molar-refractivity contribution is 4.83. The molecule has 1 fully saturated rings. The molecule has 0 spiro atoms. The van der Waals surface area contributed by atoms with Crippen LogP contribution >= 0.6 is 0 Å². The molecule has 0 aromatic carbocycles. The SMILES string of the molecule is COC1C(C)OC(O)C1O. The highest BCUT2D eigenvalue weighted by Gasteiger charge is 2.40. The second-order valence-electron chi connectivity index (χ2n) is 2.42. The molecule has 4 heteroatoms. The lowest BCUT2D eigenvalue weighted by Gasteiger charge is -2.13. The summed E-state index contributed by atoms with van der Waals surface area (Å²) in [5.74, 6) is 0. The Morgan fingerprint density at radius 2 is 2.00 bits per heavy atom. The van der Waals surface area contributed by atoms with Gasteiger partial charge in [0.25, 0.3) is 0 Å². The summed E-state index contributed by atoms with van der Waals surface area (Å²) in [5, 5.41) is 18.0. The monoisotopic (exact) mass is 148 g/mol. The molecular weight excluding hydrogens is 136 g/mol. The molecule has 1 aliphatic rings. The van der Waals surface area contributed by atoms with E-state index in [1.807, 2.05) is 0 Å². The summed E-state index contributed by atoms with van der Waals surface area (Å²) in [6, 6.07) is 0. The molecule has 1 aliphatic heterocycles. The Balaban J connectivity index is 2.55. The quantitative estimate of drug-likeness (QED) is 0.506. The van der Waals surface area contributed by atoms with Gasteiger partial charge in [-0.3, -0.25) is 0 Å². The van der Waals surface area contributed by atoms with Crippen molar-refractivity contribution in [3.8, 4) is 0 Å². The van der Waals surface area contributed by atoms with Crippen LogP contribution in [-0.2, 0) is 9.47 Å². The Morgan fingerprint density at radius 1 is 1.40 bits per heavy atom. The Kier molecular flexibility index (Phi) is 2.25. The van der Waals surface area contributed by atoms with Crippen LogP contribution in [0.1, 0.15) is 6.92 Å². The van der Waals surface area contributed by atoms with E-state index >= 15 is 0 Å². The van der Waals surface area contributed by atoms with Crippen molar-refractivity contribution in [1.82, 2.24) is 0 Å². The molecule has 0 aromatic rings. The van der Waals surface area contributed by atoms with Crippen molar-refractivity contribution in [3.05, 3.63) is 0 Å². The topological polar surface area (TPSA) is 58.9 Å². The highest BCUT2D eigenvalue weighted by Crippen LogP contribution is 2.20. The van der Waals surface area contributed by atoms with E-state index in [0.717, 1.165) is 0 Å². The summed E-state index contributed by atoms with van der Waals surface area (Å²) in [5.41, 5.74) is 0. The minimum atomic E-state index is -1.10. The van der Waals surface area contributed by atoms with Gasteiger partial charge >= 0.3 is 0 Å². The van der Waals surface area contributed by atoms with Crippen LogP contribution < -0.4 is 0 Å². The maximum Gasteiger partial charge on any atom is 0.183 e. The number of hydrogen-bond acceptors (Lipinski definition) is 4. The lowest BCUT2D eigenvalue weighted by Crippen LogP contribution is -2.33. The number of aliphatic hydroxyl groups excluding tert-OH is 2. The first-order chi connectivity index (χ1) is 4.66. The standard InChI is InChI=1S/C6H12O4/c1-3-5(9-2)4(7)6(8)10-3/h3-8H,1-2H3. The van der Waals surface area contributed by atoms with E-state index in [4.69, 9.17) is 19.7 Å². The third kappa shape index (κ3) is 1.15. The predicted octanol–water partition coefficient (Wildman–Crippen LogP) is -0.901. The molecule has 10 heavy (non-hydrogen) atoms. The zero-order chi connectivity index (χ0) is 7.72. The summed E-state index contributed by atoms with van der Waals surface area (Å²) in [6.07, 6.45) is -2.66. The zero-order valence-corrected chi connectivity index (χ0v) is 6.02. The van der Waals surface area contributed by atoms with Gasteiger partial charge < -0.3 is 19.7 Å². The molecule has 4 unspecified atom stereocenters. The molecule has 0 aromatic heterocycles. The second kappa shape index (κ2) is 2.84. The molecule has 0 amide bonds. The van der Waals surface area contributed by atoms with E-state index in [9.17, 15) is 0 Å². The maximum atomic E-state index is 9.13. The minimum absolute atomic E-state index is 0.241. The van der Waals surface area contributed by atoms with Crippen molar-refractivity contribution >= 4 is 0 Å². The Labute approximate surface area is 59.4 Å². The third-order valence-corrected chi connectivity index (χ3v) is 1.72. The molecule has 2 N–H and O–H groups in total. The first-order valence-corrected chi connectivity index (χ1v) is 3.21. The van der Waals surface area contributed by atoms with Crippen LogP contribution in [0.3, 0.4) is 0 Å². The van der Waals surface area contributed by atoms with Crippen LogP contribution in [0.2, 0.25) is 0 Å².